The molecule has 4 nitrogen and oxygen atoms in total. The van der Waals surface area contributed by atoms with Gasteiger partial charge in [-0.1, -0.05) is 0 Å². The first-order valence-electron chi connectivity index (χ1n) is 6.26. The van der Waals surface area contributed by atoms with Crippen molar-refractivity contribution < 1.29 is 9.53 Å². The molecule has 1 unspecified atom stereocenters. The zero-order chi connectivity index (χ0) is 14.5. The van der Waals surface area contributed by atoms with Crippen molar-refractivity contribution in [2.75, 3.05) is 19.9 Å². The predicted molar refractivity (Wildman–Crippen MR) is 78.5 cm³/mol. The lowest BCUT2D eigenvalue weighted by Crippen LogP contribution is -2.48. The molecule has 0 aliphatic heterocycles. The number of nitrogens with one attached hydrogen (secondary N) is 1. The van der Waals surface area contributed by atoms with Crippen LogP contribution in [0.25, 0.3) is 0 Å². The van der Waals surface area contributed by atoms with E-state index in [0.29, 0.717) is 6.42 Å². The molecule has 106 valence electrons. The van der Waals surface area contributed by atoms with Crippen molar-refractivity contribution in [3.8, 4) is 0 Å². The maximum Gasteiger partial charge on any atom is 0.325 e. The van der Waals surface area contributed by atoms with E-state index in [1.54, 1.807) is 18.8 Å². The minimum absolute atomic E-state index is 0.232. The van der Waals surface area contributed by atoms with Crippen LogP contribution in [0, 0.1) is 13.8 Å². The number of aryl methyl sites for hydroxylation is 2. The lowest BCUT2D eigenvalue weighted by atomic mass is 10.00. The van der Waals surface area contributed by atoms with Gasteiger partial charge in [-0.2, -0.15) is 0 Å². The molecule has 0 aliphatic carbocycles. The third-order valence-electron chi connectivity index (χ3n) is 3.11. The van der Waals surface area contributed by atoms with Gasteiger partial charge in [0.2, 0.25) is 0 Å². The lowest BCUT2D eigenvalue weighted by Gasteiger charge is -2.25. The average Bonchev–Trinajstić information content (AvgIpc) is 2.36. The predicted octanol–water partition coefficient (Wildman–Crippen LogP) is 2.33. The summed E-state index contributed by atoms with van der Waals surface area (Å²) in [6, 6.07) is 4.11. The summed E-state index contributed by atoms with van der Waals surface area (Å²) in [6.45, 7) is 5.91. The summed E-state index contributed by atoms with van der Waals surface area (Å²) >= 11 is 1.66. The highest BCUT2D eigenvalue weighted by Gasteiger charge is 2.31. The van der Waals surface area contributed by atoms with E-state index in [9.17, 15) is 4.79 Å². The van der Waals surface area contributed by atoms with E-state index in [-0.39, 0.29) is 5.97 Å². The number of aromatic nitrogens is 1. The van der Waals surface area contributed by atoms with Crippen LogP contribution in [0.15, 0.2) is 17.2 Å². The van der Waals surface area contributed by atoms with Gasteiger partial charge in [0.15, 0.2) is 0 Å². The summed E-state index contributed by atoms with van der Waals surface area (Å²) in [5.74, 6) is 0.575. The average molecular weight is 282 g/mol. The summed E-state index contributed by atoms with van der Waals surface area (Å²) in [6.07, 6.45) is 0.690. The molecule has 0 spiro atoms. The van der Waals surface area contributed by atoms with Crippen LogP contribution in [0.3, 0.4) is 0 Å². The van der Waals surface area contributed by atoms with Gasteiger partial charge in [-0.3, -0.25) is 4.79 Å². The van der Waals surface area contributed by atoms with Crippen molar-refractivity contribution in [2.24, 2.45) is 0 Å². The van der Waals surface area contributed by atoms with E-state index in [1.165, 1.54) is 12.7 Å². The van der Waals surface area contributed by atoms with Gasteiger partial charge in [-0.25, -0.2) is 4.98 Å². The van der Waals surface area contributed by atoms with Crippen LogP contribution in [-0.4, -0.2) is 36.4 Å². The number of thioether (sulfide) groups is 1. The number of hydrogen-bond acceptors (Lipinski definition) is 5. The molecule has 0 amide bonds. The number of ether oxygens (including phenoxy) is 1. The summed E-state index contributed by atoms with van der Waals surface area (Å²) in [4.78, 5) is 16.2. The maximum absolute atomic E-state index is 11.7. The number of likely N-dealkylation sites (N-methyl/N-ethyl adjacent to an activating group) is 1. The van der Waals surface area contributed by atoms with E-state index < -0.39 is 5.54 Å². The lowest BCUT2D eigenvalue weighted by molar-refractivity contribution is -0.147. The fourth-order valence-corrected chi connectivity index (χ4v) is 2.99. The Morgan fingerprint density at radius 2 is 2.16 bits per heavy atom. The topological polar surface area (TPSA) is 51.2 Å². The molecular weight excluding hydrogens is 260 g/mol. The zero-order valence-electron chi connectivity index (χ0n) is 12.2. The van der Waals surface area contributed by atoms with Crippen molar-refractivity contribution >= 4 is 17.7 Å². The molecular formula is C14H22N2O2S. The van der Waals surface area contributed by atoms with Gasteiger partial charge < -0.3 is 10.1 Å². The van der Waals surface area contributed by atoms with Crippen LogP contribution in [-0.2, 0) is 9.53 Å². The monoisotopic (exact) mass is 282 g/mol. The van der Waals surface area contributed by atoms with E-state index in [0.717, 1.165) is 16.5 Å². The summed E-state index contributed by atoms with van der Waals surface area (Å²) in [7, 11) is 3.19. The number of hydrogen-bond donors (Lipinski definition) is 1. The van der Waals surface area contributed by atoms with E-state index in [4.69, 9.17) is 4.74 Å². The highest BCUT2D eigenvalue weighted by molar-refractivity contribution is 7.99. The number of nitrogens with zero attached hydrogens (tertiary/aromatic N) is 1. The highest BCUT2D eigenvalue weighted by atomic mass is 32.2. The van der Waals surface area contributed by atoms with Gasteiger partial charge in [-0.05, 0) is 51.9 Å². The first-order chi connectivity index (χ1) is 8.91. The van der Waals surface area contributed by atoms with Crippen molar-refractivity contribution in [3.63, 3.8) is 0 Å². The quantitative estimate of drug-likeness (QED) is 0.641. The fourth-order valence-electron chi connectivity index (χ4n) is 1.79. The second-order valence-corrected chi connectivity index (χ2v) is 5.91. The van der Waals surface area contributed by atoms with Crippen LogP contribution in [0.2, 0.25) is 0 Å². The molecule has 0 aliphatic rings. The molecule has 1 atom stereocenters. The minimum atomic E-state index is -0.638. The molecule has 5 heteroatoms. The van der Waals surface area contributed by atoms with Crippen LogP contribution in [0.1, 0.15) is 24.6 Å². The molecule has 0 bridgehead atoms. The fraction of sp³-hybridized carbons (Fsp3) is 0.571. The van der Waals surface area contributed by atoms with Crippen molar-refractivity contribution in [1.82, 2.24) is 10.3 Å². The Balaban J connectivity index is 2.59. The normalized spacial score (nSPS) is 13.9. The summed E-state index contributed by atoms with van der Waals surface area (Å²) in [5, 5.41) is 4.03. The molecule has 0 saturated carbocycles. The number of methoxy groups -OCH3 is 1. The standard InChI is InChI=1S/C14H22N2O2S/c1-10-8-11(2)16-12(9-10)19-7-6-14(3,15-4)13(17)18-5/h8-9,15H,6-7H2,1-5H3. The first-order valence-corrected chi connectivity index (χ1v) is 7.25. The van der Waals surface area contributed by atoms with E-state index in [2.05, 4.69) is 29.4 Å². The van der Waals surface area contributed by atoms with Crippen LogP contribution in [0.5, 0.6) is 0 Å². The van der Waals surface area contributed by atoms with Crippen molar-refractivity contribution in [2.45, 2.75) is 37.8 Å². The smallest absolute Gasteiger partial charge is 0.325 e. The molecule has 1 aromatic rings. The number of esters is 1. The molecule has 1 aromatic heterocycles. The second-order valence-electron chi connectivity index (χ2n) is 4.80. The number of pyridine rings is 1. The van der Waals surface area contributed by atoms with Crippen LogP contribution < -0.4 is 5.32 Å². The van der Waals surface area contributed by atoms with Gasteiger partial charge in [-0.15, -0.1) is 11.8 Å². The second kappa shape index (κ2) is 6.91. The molecule has 0 saturated heterocycles. The summed E-state index contributed by atoms with van der Waals surface area (Å²) in [5.41, 5.74) is 1.59. The van der Waals surface area contributed by atoms with Crippen LogP contribution in [0.4, 0.5) is 0 Å². The summed E-state index contributed by atoms with van der Waals surface area (Å²) < 4.78 is 4.82. The van der Waals surface area contributed by atoms with Crippen LogP contribution >= 0.6 is 11.8 Å². The molecule has 1 heterocycles. The molecule has 0 aromatic carbocycles. The number of rotatable bonds is 6. The Morgan fingerprint density at radius 1 is 1.47 bits per heavy atom. The SMILES string of the molecule is CNC(C)(CCSc1cc(C)cc(C)n1)C(=O)OC. The molecule has 0 radical (unpaired) electrons. The van der Waals surface area contributed by atoms with Gasteiger partial charge in [0.25, 0.3) is 0 Å². The van der Waals surface area contributed by atoms with Gasteiger partial charge in [0, 0.05) is 11.4 Å². The number of carbonyl (C=O) groups excluding carboxylic acids is 1. The largest absolute Gasteiger partial charge is 0.468 e. The Morgan fingerprint density at radius 3 is 2.68 bits per heavy atom. The first kappa shape index (κ1) is 16.0. The van der Waals surface area contributed by atoms with E-state index in [1.807, 2.05) is 13.8 Å². The van der Waals surface area contributed by atoms with Gasteiger partial charge in [0.1, 0.15) is 5.54 Å². The van der Waals surface area contributed by atoms with Gasteiger partial charge in [0.05, 0.1) is 12.1 Å². The third kappa shape index (κ3) is 4.51. The van der Waals surface area contributed by atoms with Crippen molar-refractivity contribution in [3.05, 3.63) is 23.4 Å². The maximum atomic E-state index is 11.7. The third-order valence-corrected chi connectivity index (χ3v) is 4.03. The zero-order valence-corrected chi connectivity index (χ0v) is 13.1. The Hall–Kier alpha value is -1.07. The Bertz CT molecular complexity index is 431. The molecule has 1 N–H and O–H groups in total. The van der Waals surface area contributed by atoms with E-state index >= 15 is 0 Å². The Kier molecular flexibility index (Phi) is 5.82. The van der Waals surface area contributed by atoms with Crippen molar-refractivity contribution in [1.29, 1.82) is 0 Å². The molecule has 0 fully saturated rings. The highest BCUT2D eigenvalue weighted by Crippen LogP contribution is 2.22. The number of carbonyl (C=O) groups is 1. The van der Waals surface area contributed by atoms with Gasteiger partial charge >= 0.3 is 5.97 Å². The molecule has 1 rings (SSSR count). The minimum Gasteiger partial charge on any atom is -0.468 e. The Labute approximate surface area is 119 Å². The molecule has 19 heavy (non-hydrogen) atoms.